The zero-order valence-electron chi connectivity index (χ0n) is 17.7. The molecule has 1 aliphatic rings. The van der Waals surface area contributed by atoms with Gasteiger partial charge in [-0.15, -0.1) is 0 Å². The van der Waals surface area contributed by atoms with E-state index in [1.54, 1.807) is 48.5 Å². The van der Waals surface area contributed by atoms with Crippen molar-refractivity contribution in [1.82, 2.24) is 4.90 Å². The number of hydrogen-bond donors (Lipinski definition) is 2. The van der Waals surface area contributed by atoms with Crippen LogP contribution in [0.2, 0.25) is 0 Å². The van der Waals surface area contributed by atoms with Crippen molar-refractivity contribution in [3.8, 4) is 11.1 Å². The maximum atomic E-state index is 13.6. The van der Waals surface area contributed by atoms with E-state index in [0.717, 1.165) is 16.7 Å². The quantitative estimate of drug-likeness (QED) is 0.434. The van der Waals surface area contributed by atoms with Crippen molar-refractivity contribution in [2.45, 2.75) is 25.4 Å². The summed E-state index contributed by atoms with van der Waals surface area (Å²) in [6.07, 6.45) is -0.428. The van der Waals surface area contributed by atoms with Crippen LogP contribution in [-0.4, -0.2) is 39.6 Å². The Morgan fingerprint density at radius 2 is 1.48 bits per heavy atom. The normalized spacial score (nSPS) is 12.5. The van der Waals surface area contributed by atoms with Crippen molar-refractivity contribution < 1.29 is 24.3 Å². The number of ketones is 1. The molecule has 0 saturated heterocycles. The van der Waals surface area contributed by atoms with Gasteiger partial charge < -0.3 is 15.7 Å². The van der Waals surface area contributed by atoms with E-state index in [4.69, 9.17) is 10.8 Å². The van der Waals surface area contributed by atoms with Crippen molar-refractivity contribution in [3.63, 3.8) is 0 Å². The van der Waals surface area contributed by atoms with Gasteiger partial charge in [0, 0.05) is 29.7 Å². The summed E-state index contributed by atoms with van der Waals surface area (Å²) in [5.41, 5.74) is 9.13. The molecule has 1 aliphatic carbocycles. The summed E-state index contributed by atoms with van der Waals surface area (Å²) in [5.74, 6) is -2.54. The highest BCUT2D eigenvalue weighted by molar-refractivity contribution is 6.22. The summed E-state index contributed by atoms with van der Waals surface area (Å²) in [6.45, 7) is 0.0676. The number of rotatable bonds is 8. The smallest absolute Gasteiger partial charge is 0.303 e. The second kappa shape index (κ2) is 9.08. The molecule has 0 spiro atoms. The maximum absolute atomic E-state index is 13.6. The number of amides is 2. The van der Waals surface area contributed by atoms with Gasteiger partial charge in [-0.25, -0.2) is 0 Å². The summed E-state index contributed by atoms with van der Waals surface area (Å²) in [4.78, 5) is 51.1. The average Bonchev–Trinajstić information content (AvgIpc) is 3.10. The summed E-state index contributed by atoms with van der Waals surface area (Å²) in [5, 5.41) is 9.10. The molecule has 0 radical (unpaired) electrons. The fourth-order valence-corrected chi connectivity index (χ4v) is 4.14. The lowest BCUT2D eigenvalue weighted by Crippen LogP contribution is -2.47. The third kappa shape index (κ3) is 4.39. The molecular formula is C26H22N2O5. The van der Waals surface area contributed by atoms with Crippen molar-refractivity contribution in [3.05, 3.63) is 95.1 Å². The lowest BCUT2D eigenvalue weighted by atomic mass is 10.0. The van der Waals surface area contributed by atoms with Crippen LogP contribution in [0.15, 0.2) is 72.8 Å². The molecule has 166 valence electrons. The molecule has 7 heteroatoms. The largest absolute Gasteiger partial charge is 0.481 e. The highest BCUT2D eigenvalue weighted by Crippen LogP contribution is 2.37. The summed E-state index contributed by atoms with van der Waals surface area (Å²) in [6, 6.07) is 20.0. The molecule has 2 amide bonds. The van der Waals surface area contributed by atoms with Gasteiger partial charge in [0.1, 0.15) is 6.04 Å². The molecule has 3 aromatic rings. The molecule has 4 rings (SSSR count). The van der Waals surface area contributed by atoms with Crippen molar-refractivity contribution in [1.29, 1.82) is 0 Å². The Kier molecular flexibility index (Phi) is 6.04. The molecule has 3 aromatic carbocycles. The van der Waals surface area contributed by atoms with Crippen molar-refractivity contribution >= 4 is 23.6 Å². The minimum atomic E-state index is -1.12. The number of primary amides is 1. The van der Waals surface area contributed by atoms with Crippen LogP contribution in [0.1, 0.15) is 44.7 Å². The molecule has 1 atom stereocenters. The van der Waals surface area contributed by atoms with E-state index in [0.29, 0.717) is 11.1 Å². The van der Waals surface area contributed by atoms with Crippen LogP contribution in [0.4, 0.5) is 0 Å². The maximum Gasteiger partial charge on any atom is 0.303 e. The molecule has 0 heterocycles. The molecule has 3 N–H and O–H groups in total. The van der Waals surface area contributed by atoms with E-state index in [1.807, 2.05) is 18.2 Å². The van der Waals surface area contributed by atoms with Gasteiger partial charge in [0.2, 0.25) is 5.91 Å². The molecule has 0 unspecified atom stereocenters. The first-order chi connectivity index (χ1) is 15.9. The van der Waals surface area contributed by atoms with Gasteiger partial charge in [-0.05, 0) is 35.2 Å². The summed E-state index contributed by atoms with van der Waals surface area (Å²) < 4.78 is 0. The zero-order valence-corrected chi connectivity index (χ0v) is 17.7. The monoisotopic (exact) mass is 442 g/mol. The highest BCUT2D eigenvalue weighted by Gasteiger charge is 2.32. The molecule has 33 heavy (non-hydrogen) atoms. The summed E-state index contributed by atoms with van der Waals surface area (Å²) in [7, 11) is 0. The number of nitrogens with two attached hydrogens (primary N) is 1. The van der Waals surface area contributed by atoms with Crippen LogP contribution < -0.4 is 5.73 Å². The fourth-order valence-electron chi connectivity index (χ4n) is 4.14. The third-order valence-corrected chi connectivity index (χ3v) is 5.77. The Hall–Kier alpha value is -4.26. The number of aliphatic carboxylic acids is 1. The number of hydrogen-bond acceptors (Lipinski definition) is 4. The van der Waals surface area contributed by atoms with Gasteiger partial charge >= 0.3 is 5.97 Å². The first kappa shape index (κ1) is 22.0. The van der Waals surface area contributed by atoms with Gasteiger partial charge in [-0.1, -0.05) is 60.7 Å². The van der Waals surface area contributed by atoms with Crippen LogP contribution in [0.5, 0.6) is 0 Å². The minimum Gasteiger partial charge on any atom is -0.481 e. The molecular weight excluding hydrogens is 420 g/mol. The Labute approximate surface area is 190 Å². The molecule has 0 aliphatic heterocycles. The van der Waals surface area contributed by atoms with Gasteiger partial charge in [-0.3, -0.25) is 19.2 Å². The van der Waals surface area contributed by atoms with E-state index in [9.17, 15) is 19.2 Å². The van der Waals surface area contributed by atoms with Crippen LogP contribution >= 0.6 is 0 Å². The van der Waals surface area contributed by atoms with E-state index < -0.39 is 23.8 Å². The van der Waals surface area contributed by atoms with Crippen LogP contribution in [0.3, 0.4) is 0 Å². The lowest BCUT2D eigenvalue weighted by molar-refractivity contribution is -0.137. The number of fused-ring (bicyclic) bond motifs is 3. The predicted molar refractivity (Wildman–Crippen MR) is 121 cm³/mol. The van der Waals surface area contributed by atoms with Gasteiger partial charge in [0.25, 0.3) is 5.91 Å². The molecule has 0 saturated carbocycles. The number of carboxylic acids is 1. The Morgan fingerprint density at radius 3 is 2.15 bits per heavy atom. The average molecular weight is 442 g/mol. The number of nitrogens with zero attached hydrogens (tertiary/aromatic N) is 1. The SMILES string of the molecule is NC(=O)[C@H](CCC(=O)O)N(Cc1ccccc1)C(=O)c1ccc2c(c1)C(=O)c1ccccc1-2. The first-order valence-electron chi connectivity index (χ1n) is 10.5. The Morgan fingerprint density at radius 1 is 0.848 bits per heavy atom. The number of carbonyl (C=O) groups is 4. The Balaban J connectivity index is 1.71. The van der Waals surface area contributed by atoms with Crippen molar-refractivity contribution in [2.75, 3.05) is 0 Å². The third-order valence-electron chi connectivity index (χ3n) is 5.77. The minimum absolute atomic E-state index is 0.0676. The number of carboxylic acid groups (broad SMARTS) is 1. The standard InChI is InChI=1S/C26H22N2O5/c27-25(32)22(12-13-23(29)30)28(15-16-6-2-1-3-7-16)26(33)17-10-11-19-18-8-4-5-9-20(18)24(31)21(19)14-17/h1-11,14,22H,12-13,15H2,(H2,27,32)(H,29,30)/t22-/m0/s1. The van der Waals surface area contributed by atoms with Crippen molar-refractivity contribution in [2.24, 2.45) is 5.73 Å². The van der Waals surface area contributed by atoms with Gasteiger partial charge in [-0.2, -0.15) is 0 Å². The van der Waals surface area contributed by atoms with E-state index >= 15 is 0 Å². The number of carbonyl (C=O) groups excluding carboxylic acids is 3. The Bertz CT molecular complexity index is 1250. The van der Waals surface area contributed by atoms with Gasteiger partial charge in [0.15, 0.2) is 5.78 Å². The zero-order chi connectivity index (χ0) is 23.5. The highest BCUT2D eigenvalue weighted by atomic mass is 16.4. The topological polar surface area (TPSA) is 118 Å². The fraction of sp³-hybridized carbons (Fsp3) is 0.154. The molecule has 7 nitrogen and oxygen atoms in total. The van der Waals surface area contributed by atoms with E-state index in [-0.39, 0.29) is 30.7 Å². The predicted octanol–water partition coefficient (Wildman–Crippen LogP) is 3.26. The van der Waals surface area contributed by atoms with E-state index in [2.05, 4.69) is 0 Å². The van der Waals surface area contributed by atoms with Crippen LogP contribution in [0.25, 0.3) is 11.1 Å². The second-order valence-electron chi connectivity index (χ2n) is 7.90. The first-order valence-corrected chi connectivity index (χ1v) is 10.5. The van der Waals surface area contributed by atoms with E-state index in [1.165, 1.54) is 11.0 Å². The molecule has 0 bridgehead atoms. The summed E-state index contributed by atoms with van der Waals surface area (Å²) >= 11 is 0. The molecule has 0 aromatic heterocycles. The second-order valence-corrected chi connectivity index (χ2v) is 7.90. The lowest BCUT2D eigenvalue weighted by Gasteiger charge is -2.30. The number of benzene rings is 3. The van der Waals surface area contributed by atoms with Crippen LogP contribution in [0, 0.1) is 0 Å². The van der Waals surface area contributed by atoms with Crippen LogP contribution in [-0.2, 0) is 16.1 Å². The van der Waals surface area contributed by atoms with Gasteiger partial charge in [0.05, 0.1) is 0 Å². The molecule has 0 fully saturated rings.